The van der Waals surface area contributed by atoms with E-state index in [0.717, 1.165) is 17.7 Å². The lowest BCUT2D eigenvalue weighted by molar-refractivity contribution is 0.936. The Bertz CT molecular complexity index is 435. The first-order valence-corrected chi connectivity index (χ1v) is 6.36. The van der Waals surface area contributed by atoms with Crippen LogP contribution in [0.3, 0.4) is 0 Å². The monoisotopic (exact) mass is 261 g/mol. The maximum Gasteiger partial charge on any atom is 0.187 e. The summed E-state index contributed by atoms with van der Waals surface area (Å²) in [7, 11) is 0. The van der Waals surface area contributed by atoms with E-state index < -0.39 is 0 Å². The predicted molar refractivity (Wildman–Crippen MR) is 82.0 cm³/mol. The first-order valence-electron chi connectivity index (χ1n) is 5.95. The molecule has 1 aromatic carbocycles. The highest BCUT2D eigenvalue weighted by Crippen LogP contribution is 2.05. The highest BCUT2D eigenvalue weighted by Gasteiger charge is 1.98. The molecule has 2 N–H and O–H groups in total. The van der Waals surface area contributed by atoms with Crippen molar-refractivity contribution in [2.75, 3.05) is 6.54 Å². The van der Waals surface area contributed by atoms with E-state index in [4.69, 9.17) is 12.2 Å². The number of benzene rings is 1. The molecule has 1 aromatic rings. The van der Waals surface area contributed by atoms with E-state index in [1.807, 2.05) is 6.92 Å². The molecule has 0 unspecified atom stereocenters. The van der Waals surface area contributed by atoms with Gasteiger partial charge in [0.05, 0.1) is 5.71 Å². The van der Waals surface area contributed by atoms with Crippen molar-refractivity contribution in [3.05, 3.63) is 48.0 Å². The minimum absolute atomic E-state index is 0.499. The van der Waals surface area contributed by atoms with E-state index in [0.29, 0.717) is 11.7 Å². The number of nitrogens with zero attached hydrogens (tertiary/aromatic N) is 1. The third kappa shape index (κ3) is 4.67. The van der Waals surface area contributed by atoms with Crippen LogP contribution in [0.5, 0.6) is 0 Å². The van der Waals surface area contributed by atoms with E-state index in [2.05, 4.69) is 53.6 Å². The molecule has 96 valence electrons. The van der Waals surface area contributed by atoms with Gasteiger partial charge in [-0.25, -0.2) is 0 Å². The molecular weight excluding hydrogens is 242 g/mol. The summed E-state index contributed by atoms with van der Waals surface area (Å²) in [5.41, 5.74) is 6.12. The van der Waals surface area contributed by atoms with Gasteiger partial charge in [0.1, 0.15) is 0 Å². The van der Waals surface area contributed by atoms with E-state index in [9.17, 15) is 0 Å². The molecule has 0 spiro atoms. The highest BCUT2D eigenvalue weighted by molar-refractivity contribution is 7.80. The second kappa shape index (κ2) is 7.61. The fourth-order valence-corrected chi connectivity index (χ4v) is 1.51. The average Bonchev–Trinajstić information content (AvgIpc) is 2.42. The van der Waals surface area contributed by atoms with E-state index in [1.165, 1.54) is 5.56 Å². The first kappa shape index (κ1) is 14.4. The normalized spacial score (nSPS) is 10.9. The first-order chi connectivity index (χ1) is 8.67. The van der Waals surface area contributed by atoms with Crippen LogP contribution in [0.4, 0.5) is 0 Å². The van der Waals surface area contributed by atoms with Crippen LogP contribution in [0.25, 0.3) is 0 Å². The summed E-state index contributed by atoms with van der Waals surface area (Å²) < 4.78 is 0. The molecule has 0 fully saturated rings. The molecule has 3 nitrogen and oxygen atoms in total. The second-order valence-electron chi connectivity index (χ2n) is 3.86. The molecule has 0 heterocycles. The van der Waals surface area contributed by atoms with Crippen LogP contribution in [0, 0.1) is 0 Å². The van der Waals surface area contributed by atoms with Crippen LogP contribution in [-0.4, -0.2) is 17.4 Å². The molecule has 0 amide bonds. The number of aryl methyl sites for hydroxylation is 1. The molecule has 0 aliphatic carbocycles. The number of nitrogens with one attached hydrogen (secondary N) is 2. The number of thiocarbonyl (C=S) groups is 1. The molecule has 0 aliphatic rings. The van der Waals surface area contributed by atoms with Crippen LogP contribution in [0.15, 0.2) is 42.0 Å². The Hall–Kier alpha value is -1.68. The van der Waals surface area contributed by atoms with Crippen LogP contribution < -0.4 is 10.7 Å². The summed E-state index contributed by atoms with van der Waals surface area (Å²) in [6.45, 7) is 8.33. The SMILES string of the molecule is C=CCNC(=S)N/N=C(/C)c1ccc(CC)cc1. The van der Waals surface area contributed by atoms with Gasteiger partial charge in [0.2, 0.25) is 0 Å². The van der Waals surface area contributed by atoms with E-state index >= 15 is 0 Å². The Morgan fingerprint density at radius 3 is 2.61 bits per heavy atom. The Labute approximate surface area is 114 Å². The maximum absolute atomic E-state index is 5.05. The van der Waals surface area contributed by atoms with Crippen molar-refractivity contribution in [3.63, 3.8) is 0 Å². The lowest BCUT2D eigenvalue weighted by Gasteiger charge is -2.06. The van der Waals surface area contributed by atoms with Gasteiger partial charge in [-0.15, -0.1) is 6.58 Å². The van der Waals surface area contributed by atoms with Crippen molar-refractivity contribution < 1.29 is 0 Å². The molecular formula is C14H19N3S. The van der Waals surface area contributed by atoms with Crippen molar-refractivity contribution in [1.82, 2.24) is 10.7 Å². The van der Waals surface area contributed by atoms with Gasteiger partial charge in [0.15, 0.2) is 5.11 Å². The summed E-state index contributed by atoms with van der Waals surface area (Å²) in [4.78, 5) is 0. The lowest BCUT2D eigenvalue weighted by Crippen LogP contribution is -2.32. The third-order valence-corrected chi connectivity index (χ3v) is 2.75. The fourth-order valence-electron chi connectivity index (χ4n) is 1.39. The van der Waals surface area contributed by atoms with Gasteiger partial charge in [0, 0.05) is 6.54 Å². The minimum Gasteiger partial charge on any atom is -0.358 e. The van der Waals surface area contributed by atoms with Crippen LogP contribution in [-0.2, 0) is 6.42 Å². The van der Waals surface area contributed by atoms with Crippen molar-refractivity contribution >= 4 is 23.0 Å². The number of hydrogen-bond donors (Lipinski definition) is 2. The van der Waals surface area contributed by atoms with Crippen LogP contribution >= 0.6 is 12.2 Å². The largest absolute Gasteiger partial charge is 0.358 e. The minimum atomic E-state index is 0.499. The van der Waals surface area contributed by atoms with Crippen molar-refractivity contribution in [2.45, 2.75) is 20.3 Å². The zero-order chi connectivity index (χ0) is 13.4. The average molecular weight is 261 g/mol. The molecule has 0 aliphatic heterocycles. The Morgan fingerprint density at radius 2 is 2.06 bits per heavy atom. The second-order valence-corrected chi connectivity index (χ2v) is 4.27. The fraction of sp³-hybridized carbons (Fsp3) is 0.286. The highest BCUT2D eigenvalue weighted by atomic mass is 32.1. The summed E-state index contributed by atoms with van der Waals surface area (Å²) in [6, 6.07) is 8.37. The molecule has 0 aromatic heterocycles. The standard InChI is InChI=1S/C14H19N3S/c1-4-10-15-14(18)17-16-11(3)13-8-6-12(5-2)7-9-13/h4,6-9H,1,5,10H2,2-3H3,(H2,15,17,18)/b16-11-. The molecule has 0 atom stereocenters. The molecule has 0 bridgehead atoms. The van der Waals surface area contributed by atoms with Crippen molar-refractivity contribution in [1.29, 1.82) is 0 Å². The summed E-state index contributed by atoms with van der Waals surface area (Å²) in [5, 5.41) is 7.68. The van der Waals surface area contributed by atoms with Gasteiger partial charge in [-0.1, -0.05) is 37.3 Å². The van der Waals surface area contributed by atoms with Gasteiger partial charge in [-0.2, -0.15) is 5.10 Å². The number of hydrogen-bond acceptors (Lipinski definition) is 2. The predicted octanol–water partition coefficient (Wildman–Crippen LogP) is 2.62. The lowest BCUT2D eigenvalue weighted by atomic mass is 10.1. The maximum atomic E-state index is 5.05. The summed E-state index contributed by atoms with van der Waals surface area (Å²) in [6.07, 6.45) is 2.79. The zero-order valence-corrected chi connectivity index (χ0v) is 11.7. The zero-order valence-electron chi connectivity index (χ0n) is 10.9. The van der Waals surface area contributed by atoms with Crippen LogP contribution in [0.2, 0.25) is 0 Å². The number of rotatable bonds is 5. The Morgan fingerprint density at radius 1 is 1.39 bits per heavy atom. The Kier molecular flexibility index (Phi) is 6.08. The van der Waals surface area contributed by atoms with Gasteiger partial charge in [-0.3, -0.25) is 5.43 Å². The van der Waals surface area contributed by atoms with Crippen molar-refractivity contribution in [3.8, 4) is 0 Å². The Balaban J connectivity index is 2.59. The van der Waals surface area contributed by atoms with Gasteiger partial charge in [-0.05, 0) is 36.7 Å². The van der Waals surface area contributed by atoms with Gasteiger partial charge >= 0.3 is 0 Å². The molecule has 0 radical (unpaired) electrons. The summed E-state index contributed by atoms with van der Waals surface area (Å²) in [5.74, 6) is 0. The van der Waals surface area contributed by atoms with Gasteiger partial charge in [0.25, 0.3) is 0 Å². The van der Waals surface area contributed by atoms with Gasteiger partial charge < -0.3 is 5.32 Å². The van der Waals surface area contributed by atoms with Crippen molar-refractivity contribution in [2.24, 2.45) is 5.10 Å². The molecule has 18 heavy (non-hydrogen) atoms. The van der Waals surface area contributed by atoms with Crippen LogP contribution in [0.1, 0.15) is 25.0 Å². The molecule has 0 saturated carbocycles. The van der Waals surface area contributed by atoms with E-state index in [-0.39, 0.29) is 0 Å². The number of hydrazone groups is 1. The molecule has 0 saturated heterocycles. The topological polar surface area (TPSA) is 36.4 Å². The summed E-state index contributed by atoms with van der Waals surface area (Å²) >= 11 is 5.05. The van der Waals surface area contributed by atoms with E-state index in [1.54, 1.807) is 6.08 Å². The molecule has 1 rings (SSSR count). The molecule has 4 heteroatoms. The smallest absolute Gasteiger partial charge is 0.187 e. The quantitative estimate of drug-likeness (QED) is 0.370. The third-order valence-electron chi connectivity index (χ3n) is 2.51.